The molecule has 3 rings (SSSR count). The van der Waals surface area contributed by atoms with Crippen molar-refractivity contribution >= 4 is 16.9 Å². The van der Waals surface area contributed by atoms with Gasteiger partial charge in [0.25, 0.3) is 5.91 Å². The fraction of sp³-hybridized carbons (Fsp3) is 0.357. The van der Waals surface area contributed by atoms with Crippen LogP contribution in [0.4, 0.5) is 8.78 Å². The lowest BCUT2D eigenvalue weighted by Gasteiger charge is -2.31. The maximum Gasteiger partial charge on any atom is 0.257 e. The van der Waals surface area contributed by atoms with E-state index in [0.29, 0.717) is 17.6 Å². The van der Waals surface area contributed by atoms with Gasteiger partial charge in [-0.25, -0.2) is 8.78 Å². The molecule has 7 heteroatoms. The Morgan fingerprint density at radius 3 is 2.76 bits per heavy atom. The van der Waals surface area contributed by atoms with Gasteiger partial charge in [0.1, 0.15) is 18.6 Å². The predicted octanol–water partition coefficient (Wildman–Crippen LogP) is 1.58. The molecule has 1 atom stereocenters. The van der Waals surface area contributed by atoms with Crippen LogP contribution < -0.4 is 0 Å². The summed E-state index contributed by atoms with van der Waals surface area (Å²) >= 11 is 0. The number of hydrogen-bond donors (Lipinski definition) is 0. The molecule has 1 aromatic carbocycles. The quantitative estimate of drug-likeness (QED) is 0.843. The summed E-state index contributed by atoms with van der Waals surface area (Å²) in [6.07, 6.45) is 2.28. The smallest absolute Gasteiger partial charge is 0.257 e. The molecule has 0 aliphatic carbocycles. The standard InChI is InChI=1S/C14H13F2N3O2/c15-7-9-8-19(3-4-21-9)14(20)10-5-12-13(6-11(10)16)18-2-1-17-12/h1-2,5-6,9H,3-4,7-8H2. The summed E-state index contributed by atoms with van der Waals surface area (Å²) in [4.78, 5) is 21.8. The fourth-order valence-electron chi connectivity index (χ4n) is 2.32. The number of aromatic nitrogens is 2. The zero-order valence-corrected chi connectivity index (χ0v) is 11.1. The molecular weight excluding hydrogens is 280 g/mol. The Bertz CT molecular complexity index is 680. The Balaban J connectivity index is 1.92. The number of nitrogens with zero attached hydrogens (tertiary/aromatic N) is 3. The van der Waals surface area contributed by atoms with Crippen LogP contribution in [0.1, 0.15) is 10.4 Å². The van der Waals surface area contributed by atoms with Crippen molar-refractivity contribution in [1.82, 2.24) is 14.9 Å². The zero-order valence-electron chi connectivity index (χ0n) is 11.1. The lowest BCUT2D eigenvalue weighted by atomic mass is 10.1. The number of alkyl halides is 1. The van der Waals surface area contributed by atoms with Crippen molar-refractivity contribution in [3.05, 3.63) is 35.9 Å². The highest BCUT2D eigenvalue weighted by Crippen LogP contribution is 2.18. The van der Waals surface area contributed by atoms with Gasteiger partial charge in [0.05, 0.1) is 23.2 Å². The molecule has 0 N–H and O–H groups in total. The van der Waals surface area contributed by atoms with Crippen molar-refractivity contribution in [3.8, 4) is 0 Å². The molecule has 0 bridgehead atoms. The fourth-order valence-corrected chi connectivity index (χ4v) is 2.32. The van der Waals surface area contributed by atoms with E-state index in [1.54, 1.807) is 0 Å². The monoisotopic (exact) mass is 293 g/mol. The minimum atomic E-state index is -0.671. The highest BCUT2D eigenvalue weighted by atomic mass is 19.1. The molecule has 1 aliphatic heterocycles. The number of benzene rings is 1. The van der Waals surface area contributed by atoms with Crippen LogP contribution >= 0.6 is 0 Å². The molecule has 5 nitrogen and oxygen atoms in total. The lowest BCUT2D eigenvalue weighted by Crippen LogP contribution is -2.46. The molecule has 0 saturated carbocycles. The van der Waals surface area contributed by atoms with E-state index in [4.69, 9.17) is 4.74 Å². The van der Waals surface area contributed by atoms with Crippen LogP contribution in [0.3, 0.4) is 0 Å². The van der Waals surface area contributed by atoms with Crippen molar-refractivity contribution in [3.63, 3.8) is 0 Å². The number of rotatable bonds is 2. The Kier molecular flexibility index (Phi) is 3.74. The summed E-state index contributed by atoms with van der Waals surface area (Å²) in [6, 6.07) is 2.56. The van der Waals surface area contributed by atoms with Gasteiger partial charge in [-0.3, -0.25) is 14.8 Å². The van der Waals surface area contributed by atoms with E-state index in [0.717, 1.165) is 0 Å². The number of carbonyl (C=O) groups excluding carboxylic acids is 1. The number of amides is 1. The third-order valence-electron chi connectivity index (χ3n) is 3.39. The van der Waals surface area contributed by atoms with Crippen molar-refractivity contribution in [1.29, 1.82) is 0 Å². The first-order valence-electron chi connectivity index (χ1n) is 6.56. The molecule has 1 saturated heterocycles. The first kappa shape index (κ1) is 13.8. The highest BCUT2D eigenvalue weighted by Gasteiger charge is 2.27. The molecular formula is C14H13F2N3O2. The topological polar surface area (TPSA) is 55.3 Å². The van der Waals surface area contributed by atoms with Crippen LogP contribution in [0.5, 0.6) is 0 Å². The Morgan fingerprint density at radius 2 is 2.05 bits per heavy atom. The molecule has 21 heavy (non-hydrogen) atoms. The van der Waals surface area contributed by atoms with Gasteiger partial charge in [0, 0.05) is 31.5 Å². The van der Waals surface area contributed by atoms with Crippen LogP contribution in [-0.4, -0.2) is 53.2 Å². The summed E-state index contributed by atoms with van der Waals surface area (Å²) in [7, 11) is 0. The Labute approximate surface area is 119 Å². The number of ether oxygens (including phenoxy) is 1. The molecule has 110 valence electrons. The van der Waals surface area contributed by atoms with Crippen molar-refractivity contribution in [2.24, 2.45) is 0 Å². The predicted molar refractivity (Wildman–Crippen MR) is 71.1 cm³/mol. The van der Waals surface area contributed by atoms with Crippen LogP contribution in [0, 0.1) is 5.82 Å². The van der Waals surface area contributed by atoms with E-state index in [-0.39, 0.29) is 18.7 Å². The van der Waals surface area contributed by atoms with E-state index < -0.39 is 24.5 Å². The van der Waals surface area contributed by atoms with Gasteiger partial charge in [0.2, 0.25) is 0 Å². The van der Waals surface area contributed by atoms with Crippen molar-refractivity contribution < 1.29 is 18.3 Å². The summed E-state index contributed by atoms with van der Waals surface area (Å²) in [5, 5.41) is 0. The second kappa shape index (κ2) is 5.69. The van der Waals surface area contributed by atoms with Gasteiger partial charge in [0.15, 0.2) is 0 Å². The number of fused-ring (bicyclic) bond motifs is 1. The summed E-state index contributed by atoms with van der Waals surface area (Å²) in [5.41, 5.74) is 0.746. The number of morpholine rings is 1. The summed E-state index contributed by atoms with van der Waals surface area (Å²) in [5.74, 6) is -1.14. The van der Waals surface area contributed by atoms with Crippen LogP contribution in [0.25, 0.3) is 11.0 Å². The zero-order chi connectivity index (χ0) is 14.8. The maximum atomic E-state index is 14.1. The second-order valence-electron chi connectivity index (χ2n) is 4.78. The molecule has 1 unspecified atom stereocenters. The first-order chi connectivity index (χ1) is 10.2. The molecule has 2 aromatic rings. The van der Waals surface area contributed by atoms with Crippen molar-refractivity contribution in [2.45, 2.75) is 6.10 Å². The van der Waals surface area contributed by atoms with Crippen LogP contribution in [-0.2, 0) is 4.74 Å². The third-order valence-corrected chi connectivity index (χ3v) is 3.39. The largest absolute Gasteiger partial charge is 0.372 e. The van der Waals surface area contributed by atoms with E-state index in [1.807, 2.05) is 0 Å². The van der Waals surface area contributed by atoms with Gasteiger partial charge >= 0.3 is 0 Å². The minimum absolute atomic E-state index is 0.0810. The molecule has 1 fully saturated rings. The van der Waals surface area contributed by atoms with E-state index in [1.165, 1.54) is 29.4 Å². The average molecular weight is 293 g/mol. The SMILES string of the molecule is O=C(c1cc2nccnc2cc1F)N1CCOC(CF)C1. The van der Waals surface area contributed by atoms with Crippen LogP contribution in [0.15, 0.2) is 24.5 Å². The maximum absolute atomic E-state index is 14.1. The molecule has 0 spiro atoms. The number of hydrogen-bond acceptors (Lipinski definition) is 4. The molecule has 1 amide bonds. The third kappa shape index (κ3) is 2.69. The van der Waals surface area contributed by atoms with Gasteiger partial charge < -0.3 is 9.64 Å². The molecule has 1 aromatic heterocycles. The van der Waals surface area contributed by atoms with E-state index >= 15 is 0 Å². The average Bonchev–Trinajstić information content (AvgIpc) is 2.53. The van der Waals surface area contributed by atoms with E-state index in [2.05, 4.69) is 9.97 Å². The van der Waals surface area contributed by atoms with Crippen molar-refractivity contribution in [2.75, 3.05) is 26.4 Å². The Hall–Kier alpha value is -2.15. The van der Waals surface area contributed by atoms with Crippen LogP contribution in [0.2, 0.25) is 0 Å². The summed E-state index contributed by atoms with van der Waals surface area (Å²) < 4.78 is 31.9. The molecule has 0 radical (unpaired) electrons. The minimum Gasteiger partial charge on any atom is -0.372 e. The van der Waals surface area contributed by atoms with Gasteiger partial charge in [-0.15, -0.1) is 0 Å². The van der Waals surface area contributed by atoms with E-state index in [9.17, 15) is 13.6 Å². The Morgan fingerprint density at radius 1 is 1.33 bits per heavy atom. The molecule has 1 aliphatic rings. The van der Waals surface area contributed by atoms with Gasteiger partial charge in [-0.1, -0.05) is 0 Å². The lowest BCUT2D eigenvalue weighted by molar-refractivity contribution is -0.0311. The first-order valence-corrected chi connectivity index (χ1v) is 6.56. The molecule has 2 heterocycles. The normalized spacial score (nSPS) is 19.0. The van der Waals surface area contributed by atoms with Gasteiger partial charge in [-0.05, 0) is 6.07 Å². The summed E-state index contributed by atoms with van der Waals surface area (Å²) in [6.45, 7) is 0.00531. The highest BCUT2D eigenvalue weighted by molar-refractivity contribution is 5.97. The number of carbonyl (C=O) groups is 1. The number of halogens is 2. The second-order valence-corrected chi connectivity index (χ2v) is 4.78. The van der Waals surface area contributed by atoms with Gasteiger partial charge in [-0.2, -0.15) is 0 Å².